The van der Waals surface area contributed by atoms with Gasteiger partial charge in [0.05, 0.1) is 5.54 Å². The third-order valence-electron chi connectivity index (χ3n) is 4.14. The lowest BCUT2D eigenvalue weighted by Crippen LogP contribution is -2.63. The molecule has 1 aromatic rings. The fourth-order valence-corrected chi connectivity index (χ4v) is 2.84. The molecular weight excluding hydrogens is 314 g/mol. The van der Waals surface area contributed by atoms with Crippen molar-refractivity contribution in [3.8, 4) is 0 Å². The number of amides is 3. The van der Waals surface area contributed by atoms with Gasteiger partial charge in [-0.1, -0.05) is 0 Å². The van der Waals surface area contributed by atoms with Crippen LogP contribution in [0.3, 0.4) is 0 Å². The van der Waals surface area contributed by atoms with Crippen LogP contribution in [0, 0.1) is 0 Å². The molecule has 1 aliphatic rings. The van der Waals surface area contributed by atoms with Crippen LogP contribution in [0.5, 0.6) is 0 Å². The zero-order valence-electron chi connectivity index (χ0n) is 14.6. The number of urea groups is 1. The van der Waals surface area contributed by atoms with Crippen LogP contribution in [-0.4, -0.2) is 75.5 Å². The molecule has 2 rings (SSSR count). The van der Waals surface area contributed by atoms with E-state index in [1.807, 2.05) is 13.8 Å². The van der Waals surface area contributed by atoms with Gasteiger partial charge in [-0.15, -0.1) is 0 Å². The summed E-state index contributed by atoms with van der Waals surface area (Å²) in [6.07, 6.45) is 1.25. The topological polar surface area (TPSA) is 98.7 Å². The first kappa shape index (κ1) is 17.8. The average Bonchev–Trinajstić information content (AvgIpc) is 2.48. The minimum atomic E-state index is -0.703. The molecule has 3 amide bonds. The summed E-state index contributed by atoms with van der Waals surface area (Å²) in [5.74, 6) is -0.450. The third-order valence-corrected chi connectivity index (χ3v) is 4.14. The van der Waals surface area contributed by atoms with Crippen LogP contribution >= 0.6 is 0 Å². The van der Waals surface area contributed by atoms with Crippen LogP contribution in [0.1, 0.15) is 24.2 Å². The lowest BCUT2D eigenvalue weighted by Gasteiger charge is -2.47. The maximum absolute atomic E-state index is 12.8. The lowest BCUT2D eigenvalue weighted by molar-refractivity contribution is 0.0239. The molecule has 2 heterocycles. The zero-order chi connectivity index (χ0) is 18.2. The molecule has 0 bridgehead atoms. The molecule has 132 valence electrons. The highest BCUT2D eigenvalue weighted by molar-refractivity contribution is 5.94. The van der Waals surface area contributed by atoms with Crippen LogP contribution in [0.2, 0.25) is 0 Å². The van der Waals surface area contributed by atoms with Crippen molar-refractivity contribution in [3.63, 3.8) is 0 Å². The Hall–Kier alpha value is -2.58. The molecule has 1 N–H and O–H groups in total. The molecule has 9 heteroatoms. The lowest BCUT2D eigenvalue weighted by atomic mass is 9.98. The van der Waals surface area contributed by atoms with E-state index in [4.69, 9.17) is 0 Å². The van der Waals surface area contributed by atoms with Crippen molar-refractivity contribution in [3.05, 3.63) is 32.6 Å². The molecule has 0 spiro atoms. The first-order valence-electron chi connectivity index (χ1n) is 7.63. The fourth-order valence-electron chi connectivity index (χ4n) is 2.84. The second-order valence-corrected chi connectivity index (χ2v) is 6.78. The van der Waals surface area contributed by atoms with E-state index in [2.05, 4.69) is 4.98 Å². The third kappa shape index (κ3) is 3.19. The average molecular weight is 337 g/mol. The predicted octanol–water partition coefficient (Wildman–Crippen LogP) is -0.708. The Labute approximate surface area is 139 Å². The number of nitrogens with one attached hydrogen (secondary N) is 1. The molecule has 9 nitrogen and oxygen atoms in total. The maximum atomic E-state index is 12.8. The van der Waals surface area contributed by atoms with Gasteiger partial charge in [-0.05, 0) is 13.8 Å². The number of aromatic nitrogens is 2. The molecule has 1 fully saturated rings. The Kier molecular flexibility index (Phi) is 4.54. The number of H-pyrrole nitrogens is 1. The van der Waals surface area contributed by atoms with Crippen molar-refractivity contribution in [2.24, 2.45) is 7.05 Å². The molecule has 0 saturated carbocycles. The van der Waals surface area contributed by atoms with E-state index in [0.717, 1.165) is 4.57 Å². The predicted molar refractivity (Wildman–Crippen MR) is 88.1 cm³/mol. The molecule has 1 saturated heterocycles. The van der Waals surface area contributed by atoms with Gasteiger partial charge >= 0.3 is 11.7 Å². The number of piperazine rings is 1. The summed E-state index contributed by atoms with van der Waals surface area (Å²) in [5.41, 5.74) is -2.00. The standard InChI is InChI=1S/C15H23N5O4/c1-15(2)9-19(14(24)17(3)4)6-7-20(15)12(22)10-8-18(5)13(23)16-11(10)21/h8H,6-7,9H2,1-5H3,(H,16,21,23). The number of hydrogen-bond donors (Lipinski definition) is 1. The number of aryl methyl sites for hydroxylation is 1. The minimum absolute atomic E-state index is 0.0856. The Morgan fingerprint density at radius 1 is 1.21 bits per heavy atom. The molecule has 0 atom stereocenters. The van der Waals surface area contributed by atoms with Crippen molar-refractivity contribution in [1.82, 2.24) is 24.3 Å². The van der Waals surface area contributed by atoms with Crippen LogP contribution in [0.15, 0.2) is 15.8 Å². The summed E-state index contributed by atoms with van der Waals surface area (Å²) in [7, 11) is 4.82. The summed E-state index contributed by atoms with van der Waals surface area (Å²) < 4.78 is 1.16. The molecular formula is C15H23N5O4. The number of nitrogens with zero attached hydrogens (tertiary/aromatic N) is 4. The molecule has 0 aromatic carbocycles. The van der Waals surface area contributed by atoms with E-state index < -0.39 is 22.7 Å². The SMILES string of the molecule is CN(C)C(=O)N1CCN(C(=O)c2cn(C)c(=O)[nH]c2=O)C(C)(C)C1. The van der Waals surface area contributed by atoms with Gasteiger partial charge in [0.1, 0.15) is 5.56 Å². The van der Waals surface area contributed by atoms with E-state index in [-0.39, 0.29) is 11.6 Å². The normalized spacial score (nSPS) is 16.9. The summed E-state index contributed by atoms with van der Waals surface area (Å²) >= 11 is 0. The van der Waals surface area contributed by atoms with Crippen LogP contribution < -0.4 is 11.2 Å². The molecule has 0 unspecified atom stereocenters. The van der Waals surface area contributed by atoms with Gasteiger partial charge in [0.15, 0.2) is 0 Å². The number of carbonyl (C=O) groups is 2. The van der Waals surface area contributed by atoms with E-state index >= 15 is 0 Å². The first-order chi connectivity index (χ1) is 11.0. The van der Waals surface area contributed by atoms with E-state index in [9.17, 15) is 19.2 Å². The van der Waals surface area contributed by atoms with Gasteiger partial charge in [-0.3, -0.25) is 14.6 Å². The highest BCUT2D eigenvalue weighted by atomic mass is 16.2. The van der Waals surface area contributed by atoms with Crippen molar-refractivity contribution in [1.29, 1.82) is 0 Å². The largest absolute Gasteiger partial charge is 0.331 e. The first-order valence-corrected chi connectivity index (χ1v) is 7.63. The van der Waals surface area contributed by atoms with Gasteiger partial charge in [-0.25, -0.2) is 9.59 Å². The van der Waals surface area contributed by atoms with E-state index in [1.165, 1.54) is 18.1 Å². The summed E-state index contributed by atoms with van der Waals surface area (Å²) in [6, 6.07) is -0.116. The molecule has 24 heavy (non-hydrogen) atoms. The number of rotatable bonds is 1. The van der Waals surface area contributed by atoms with Gasteiger partial charge < -0.3 is 19.3 Å². The van der Waals surface area contributed by atoms with Gasteiger partial charge in [0.2, 0.25) is 0 Å². The van der Waals surface area contributed by atoms with E-state index in [0.29, 0.717) is 19.6 Å². The second-order valence-electron chi connectivity index (χ2n) is 6.78. The van der Waals surface area contributed by atoms with Crippen LogP contribution in [0.4, 0.5) is 4.79 Å². The summed E-state index contributed by atoms with van der Waals surface area (Å²) in [5, 5.41) is 0. The number of hydrogen-bond acceptors (Lipinski definition) is 4. The van der Waals surface area contributed by atoms with E-state index in [1.54, 1.807) is 23.9 Å². The van der Waals surface area contributed by atoms with Gasteiger partial charge in [0.25, 0.3) is 11.5 Å². The molecule has 1 aromatic heterocycles. The van der Waals surface area contributed by atoms with Crippen LogP contribution in [0.25, 0.3) is 0 Å². The molecule has 1 aliphatic heterocycles. The van der Waals surface area contributed by atoms with Crippen LogP contribution in [-0.2, 0) is 7.05 Å². The van der Waals surface area contributed by atoms with Gasteiger partial charge in [-0.2, -0.15) is 0 Å². The minimum Gasteiger partial charge on any atom is -0.331 e. The second kappa shape index (κ2) is 6.14. The monoisotopic (exact) mass is 337 g/mol. The number of carbonyl (C=O) groups excluding carboxylic acids is 2. The Morgan fingerprint density at radius 3 is 2.38 bits per heavy atom. The van der Waals surface area contributed by atoms with Crippen molar-refractivity contribution in [2.45, 2.75) is 19.4 Å². The Morgan fingerprint density at radius 2 is 1.83 bits per heavy atom. The Bertz CT molecular complexity index is 777. The number of aromatic amines is 1. The maximum Gasteiger partial charge on any atom is 0.328 e. The highest BCUT2D eigenvalue weighted by Crippen LogP contribution is 2.23. The zero-order valence-corrected chi connectivity index (χ0v) is 14.6. The molecule has 0 aliphatic carbocycles. The van der Waals surface area contributed by atoms with Crippen molar-refractivity contribution < 1.29 is 9.59 Å². The van der Waals surface area contributed by atoms with Crippen molar-refractivity contribution >= 4 is 11.9 Å². The van der Waals surface area contributed by atoms with Crippen molar-refractivity contribution in [2.75, 3.05) is 33.7 Å². The summed E-state index contributed by atoms with van der Waals surface area (Å²) in [6.45, 7) is 4.75. The fraction of sp³-hybridized carbons (Fsp3) is 0.600. The summed E-state index contributed by atoms with van der Waals surface area (Å²) in [4.78, 5) is 55.2. The smallest absolute Gasteiger partial charge is 0.328 e. The quantitative estimate of drug-likeness (QED) is 0.732. The van der Waals surface area contributed by atoms with Gasteiger partial charge in [0, 0.05) is 47.0 Å². The Balaban J connectivity index is 2.29. The molecule has 0 radical (unpaired) electrons. The highest BCUT2D eigenvalue weighted by Gasteiger charge is 2.39.